The first-order valence-electron chi connectivity index (χ1n) is 3.86. The first-order chi connectivity index (χ1) is 5.33. The van der Waals surface area contributed by atoms with Gasteiger partial charge in [0.1, 0.15) is 6.04 Å². The van der Waals surface area contributed by atoms with Gasteiger partial charge in [0.25, 0.3) is 0 Å². The Morgan fingerprint density at radius 3 is 3.00 bits per heavy atom. The second-order valence-electron chi connectivity index (χ2n) is 1.35. The number of nitrogens with two attached hydrogens (primary N) is 1. The highest BCUT2D eigenvalue weighted by atomic mass is 32.2. The molecule has 0 saturated carbocycles. The molecule has 3 N–H and O–H groups in total. The molecule has 9 heavy (non-hydrogen) atoms. The molecule has 0 aromatic carbocycles. The van der Waals surface area contributed by atoms with E-state index in [9.17, 15) is 4.79 Å². The Balaban J connectivity index is 4.37. The Kier molecular flexibility index (Phi) is 2.36. The molecule has 3 nitrogen and oxygen atoms in total. The van der Waals surface area contributed by atoms with Crippen molar-refractivity contribution in [2.45, 2.75) is 12.4 Å². The maximum atomic E-state index is 10.3. The molecule has 4 heteroatoms. The van der Waals surface area contributed by atoms with E-state index in [0.29, 0.717) is 0 Å². The number of carboxylic acids is 1. The van der Waals surface area contributed by atoms with Crippen LogP contribution in [0.4, 0.5) is 0 Å². The average molecular weight is 157 g/mol. The fraction of sp³-hybridized carbons (Fsp3) is 0.800. The van der Waals surface area contributed by atoms with Crippen molar-refractivity contribution in [2.24, 2.45) is 5.73 Å². The first-order valence-corrected chi connectivity index (χ1v) is 3.51. The van der Waals surface area contributed by atoms with E-state index in [1.54, 1.807) is 0 Å². The lowest BCUT2D eigenvalue weighted by molar-refractivity contribution is -0.138. The predicted molar refractivity (Wildman–Crippen MR) is 38.6 cm³/mol. The number of hydrogen-bond acceptors (Lipinski definition) is 3. The molecule has 54 valence electrons. The molecule has 0 heterocycles. The number of carbonyl (C=O) groups is 1. The Hall–Kier alpha value is -0.220. The van der Waals surface area contributed by atoms with E-state index in [0.717, 1.165) is 11.8 Å². The van der Waals surface area contributed by atoms with Crippen LogP contribution in [0.3, 0.4) is 0 Å². The molecule has 0 saturated heterocycles. The van der Waals surface area contributed by atoms with Gasteiger partial charge in [0.2, 0.25) is 0 Å². The number of aliphatic carboxylic acids is 1. The summed E-state index contributed by atoms with van der Waals surface area (Å²) in [4.78, 5) is 10.3. The summed E-state index contributed by atoms with van der Waals surface area (Å²) in [5, 5.41) is 8.39. The molecule has 0 aromatic heterocycles. The van der Waals surface area contributed by atoms with Gasteiger partial charge < -0.3 is 10.8 Å². The zero-order valence-electron chi connectivity index (χ0n) is 8.00. The topological polar surface area (TPSA) is 63.3 Å². The van der Waals surface area contributed by atoms with Crippen molar-refractivity contribution < 1.29 is 14.0 Å². The Morgan fingerprint density at radius 1 is 2.11 bits per heavy atom. The Bertz CT molecular complexity index is 178. The molecule has 0 amide bonds. The maximum Gasteiger partial charge on any atom is 0.320 e. The minimum absolute atomic E-state index is 0.783. The van der Waals surface area contributed by atoms with E-state index in [1.807, 2.05) is 0 Å². The standard InChI is InChI=1S/C5H11NO2S/c1-9-3-2-4(6)5(7)8/h4H,2-3,6H2,1H3,(H,7,8)/t4-/m0/s1/i2+1D,3+1D2,4+1,5+1,6+1/t2-,4-. The molecule has 2 atom stereocenters. The van der Waals surface area contributed by atoms with E-state index in [2.05, 4.69) is 0 Å². The van der Waals surface area contributed by atoms with Gasteiger partial charge in [-0.25, -0.2) is 0 Å². The summed E-state index contributed by atoms with van der Waals surface area (Å²) in [5.74, 6) is -1.35. The third-order valence-electron chi connectivity index (χ3n) is 0.651. The van der Waals surface area contributed by atoms with Gasteiger partial charge in [-0.2, -0.15) is 11.8 Å². The molecule has 0 aliphatic rings. The number of thioether (sulfide) groups is 1. The van der Waals surface area contributed by atoms with Crippen LogP contribution in [0, 0.1) is 0 Å². The van der Waals surface area contributed by atoms with Crippen LogP contribution in [-0.4, -0.2) is 29.1 Å². The van der Waals surface area contributed by atoms with Crippen LogP contribution < -0.4 is 5.73 Å². The molecule has 0 aromatic rings. The van der Waals surface area contributed by atoms with Crippen LogP contribution >= 0.6 is 11.8 Å². The van der Waals surface area contributed by atoms with Gasteiger partial charge >= 0.3 is 5.97 Å². The van der Waals surface area contributed by atoms with Crippen molar-refractivity contribution in [3.63, 3.8) is 0 Å². The van der Waals surface area contributed by atoms with E-state index in [4.69, 9.17) is 15.0 Å². The van der Waals surface area contributed by atoms with Gasteiger partial charge in [0.05, 0.1) is 0 Å². The third kappa shape index (κ3) is 4.29. The van der Waals surface area contributed by atoms with E-state index >= 15 is 0 Å². The van der Waals surface area contributed by atoms with E-state index < -0.39 is 24.1 Å². The van der Waals surface area contributed by atoms with Crippen molar-refractivity contribution >= 4 is 17.7 Å². The lowest BCUT2D eigenvalue weighted by Gasteiger charge is -2.02. The molecule has 0 aliphatic heterocycles. The zero-order chi connectivity index (χ0) is 9.94. The van der Waals surface area contributed by atoms with Gasteiger partial charge in [-0.1, -0.05) is 0 Å². The van der Waals surface area contributed by atoms with Crippen molar-refractivity contribution in [1.29, 1.82) is 0 Å². The molecule has 0 bridgehead atoms. The maximum absolute atomic E-state index is 10.3. The molecule has 0 rings (SSSR count). The fourth-order valence-corrected chi connectivity index (χ4v) is 0.495. The summed E-state index contributed by atoms with van der Waals surface area (Å²) in [5.41, 5.74) is 3.16. The first kappa shape index (κ1) is 4.57. The van der Waals surface area contributed by atoms with Gasteiger partial charge in [-0.05, 0) is 18.4 Å². The predicted octanol–water partition coefficient (Wildman–Crippen LogP) is 0.151. The van der Waals surface area contributed by atoms with Crippen LogP contribution in [-0.2, 0) is 4.79 Å². The van der Waals surface area contributed by atoms with Gasteiger partial charge in [-0.15, -0.1) is 0 Å². The van der Waals surface area contributed by atoms with Crippen LogP contribution in [0.15, 0.2) is 0 Å². The van der Waals surface area contributed by atoms with Crippen LogP contribution in [0.1, 0.15) is 10.5 Å². The summed E-state index contributed by atoms with van der Waals surface area (Å²) < 4.78 is 21.6. The van der Waals surface area contributed by atoms with Gasteiger partial charge in [0.15, 0.2) is 0 Å². The van der Waals surface area contributed by atoms with Gasteiger partial charge in [-0.3, -0.25) is 4.79 Å². The third-order valence-corrected chi connectivity index (χ3v) is 1.02. The lowest BCUT2D eigenvalue weighted by Crippen LogP contribution is -2.30. The van der Waals surface area contributed by atoms with Gasteiger partial charge in [0, 0.05) is 4.11 Å². The number of hydrogen-bond donors (Lipinski definition) is 2. The summed E-state index contributed by atoms with van der Waals surface area (Å²) >= 11 is 0.783. The zero-order valence-corrected chi connectivity index (χ0v) is 5.81. The lowest BCUT2D eigenvalue weighted by atomic mass is 11.2. The normalized spacial score (nSPS) is 23.1. The largest absolute Gasteiger partial charge is 0.480 e. The minimum Gasteiger partial charge on any atom is -0.480 e. The highest BCUT2D eigenvalue weighted by Crippen LogP contribution is 1.97. The SMILES string of the molecule is [2H][13C@H]([13C@H]([15NH2])[13C](=O)O)[13C]([2H])([2H])SC. The second-order valence-corrected chi connectivity index (χ2v) is 2.00. The molecule has 0 radical (unpaired) electrons. The smallest absolute Gasteiger partial charge is 0.320 e. The summed E-state index contributed by atoms with van der Waals surface area (Å²) in [6, 6.07) is -1.48. The fourth-order valence-electron chi connectivity index (χ4n) is 0.213. The van der Waals surface area contributed by atoms with Crippen LogP contribution in [0.5, 0.6) is 0 Å². The number of carboxylic acid groups (broad SMARTS) is 1. The van der Waals surface area contributed by atoms with Crippen LogP contribution in [0.2, 0.25) is 0 Å². The minimum atomic E-state index is -1.92. The van der Waals surface area contributed by atoms with Crippen molar-refractivity contribution in [3.8, 4) is 0 Å². The Morgan fingerprint density at radius 2 is 2.67 bits per heavy atom. The van der Waals surface area contributed by atoms with Crippen molar-refractivity contribution in [3.05, 3.63) is 0 Å². The molecule has 0 spiro atoms. The van der Waals surface area contributed by atoms with Crippen molar-refractivity contribution in [1.82, 2.24) is 0 Å². The molecule has 0 fully saturated rings. The molecule has 0 aliphatic carbocycles. The summed E-state index contributed by atoms with van der Waals surface area (Å²) in [7, 11) is 0. The molecular formula is C5H11NO2S. The monoisotopic (exact) mass is 157 g/mol. The van der Waals surface area contributed by atoms with E-state index in [-0.39, 0.29) is 0 Å². The molecular weight excluding hydrogens is 143 g/mol. The van der Waals surface area contributed by atoms with E-state index in [1.165, 1.54) is 6.26 Å². The summed E-state index contributed by atoms with van der Waals surface area (Å²) in [6.45, 7) is 0. The van der Waals surface area contributed by atoms with Crippen LogP contribution in [0.25, 0.3) is 0 Å². The highest BCUT2D eigenvalue weighted by Gasteiger charge is 2.08. The summed E-state index contributed by atoms with van der Waals surface area (Å²) in [6.07, 6.45) is 0.0147. The second kappa shape index (κ2) is 4.64. The number of rotatable bonds is 4. The van der Waals surface area contributed by atoms with Crippen molar-refractivity contribution in [2.75, 3.05) is 12.0 Å². The quantitative estimate of drug-likeness (QED) is 0.450. The average Bonchev–Trinajstić information content (AvgIpc) is 2.01. The molecule has 0 unspecified atom stereocenters. The Labute approximate surface area is 62.8 Å². The highest BCUT2D eigenvalue weighted by molar-refractivity contribution is 7.98.